The summed E-state index contributed by atoms with van der Waals surface area (Å²) in [6.45, 7) is 2.98. The topological polar surface area (TPSA) is 55.1 Å². The maximum atomic E-state index is 11.8. The molecule has 3 N–H and O–H groups in total. The van der Waals surface area contributed by atoms with Crippen molar-refractivity contribution >= 4 is 5.91 Å². The third-order valence-electron chi connectivity index (χ3n) is 3.98. The molecule has 106 valence electrons. The monoisotopic (exact) mass is 254 g/mol. The van der Waals surface area contributed by atoms with Crippen LogP contribution in [0.2, 0.25) is 0 Å². The van der Waals surface area contributed by atoms with Crippen LogP contribution in [0.25, 0.3) is 0 Å². The highest BCUT2D eigenvalue weighted by molar-refractivity contribution is 5.81. The van der Waals surface area contributed by atoms with Gasteiger partial charge in [0.2, 0.25) is 5.91 Å². The molecule has 1 fully saturated rings. The average Bonchev–Trinajstić information content (AvgIpc) is 2.39. The number of nitrogens with one attached hydrogen (secondary N) is 1. The molecule has 1 aliphatic carbocycles. The first kappa shape index (κ1) is 15.5. The second-order valence-electron chi connectivity index (χ2n) is 5.70. The predicted octanol–water partition coefficient (Wildman–Crippen LogP) is 2.98. The first-order valence-corrected chi connectivity index (χ1v) is 7.77. The summed E-state index contributed by atoms with van der Waals surface area (Å²) in [5.74, 6) is 0.733. The second-order valence-corrected chi connectivity index (χ2v) is 5.70. The maximum absolute atomic E-state index is 11.8. The molecule has 0 aromatic carbocycles. The smallest absolute Gasteiger partial charge is 0.236 e. The molecule has 0 radical (unpaired) electrons. The number of rotatable bonds is 8. The standard InChI is InChI=1S/C15H30N2O/c1-2-3-4-8-11-17-15(18)14(16)12-13-9-6-5-7-10-13/h13-14H,2-12,16H2,1H3,(H,17,18). The molecule has 1 rings (SSSR count). The van der Waals surface area contributed by atoms with Crippen molar-refractivity contribution in [2.45, 2.75) is 77.2 Å². The number of amides is 1. The Hall–Kier alpha value is -0.570. The van der Waals surface area contributed by atoms with E-state index in [2.05, 4.69) is 12.2 Å². The van der Waals surface area contributed by atoms with Gasteiger partial charge < -0.3 is 11.1 Å². The molecule has 0 saturated heterocycles. The van der Waals surface area contributed by atoms with E-state index in [4.69, 9.17) is 5.73 Å². The normalized spacial score (nSPS) is 18.6. The van der Waals surface area contributed by atoms with Gasteiger partial charge in [-0.25, -0.2) is 0 Å². The minimum atomic E-state index is -0.292. The average molecular weight is 254 g/mol. The molecule has 1 saturated carbocycles. The number of carbonyl (C=O) groups excluding carboxylic acids is 1. The van der Waals surface area contributed by atoms with E-state index in [1.54, 1.807) is 0 Å². The lowest BCUT2D eigenvalue weighted by molar-refractivity contribution is -0.122. The predicted molar refractivity (Wildman–Crippen MR) is 76.3 cm³/mol. The van der Waals surface area contributed by atoms with Crippen LogP contribution < -0.4 is 11.1 Å². The van der Waals surface area contributed by atoms with Gasteiger partial charge in [-0.3, -0.25) is 4.79 Å². The number of carbonyl (C=O) groups is 1. The summed E-state index contributed by atoms with van der Waals surface area (Å²) < 4.78 is 0. The molecule has 1 amide bonds. The third-order valence-corrected chi connectivity index (χ3v) is 3.98. The van der Waals surface area contributed by atoms with E-state index in [9.17, 15) is 4.79 Å². The Kier molecular flexibility index (Phi) is 8.06. The molecule has 0 bridgehead atoms. The van der Waals surface area contributed by atoms with Crippen molar-refractivity contribution in [2.24, 2.45) is 11.7 Å². The van der Waals surface area contributed by atoms with Crippen molar-refractivity contribution in [3.8, 4) is 0 Å². The summed E-state index contributed by atoms with van der Waals surface area (Å²) in [6.07, 6.45) is 12.2. The van der Waals surface area contributed by atoms with Gasteiger partial charge in [-0.1, -0.05) is 58.3 Å². The number of hydrogen-bond acceptors (Lipinski definition) is 2. The zero-order chi connectivity index (χ0) is 13.2. The van der Waals surface area contributed by atoms with E-state index in [1.165, 1.54) is 51.4 Å². The summed E-state index contributed by atoms with van der Waals surface area (Å²) in [5.41, 5.74) is 5.98. The molecule has 0 aromatic heterocycles. The van der Waals surface area contributed by atoms with E-state index in [1.807, 2.05) is 0 Å². The number of unbranched alkanes of at least 4 members (excludes halogenated alkanes) is 3. The van der Waals surface area contributed by atoms with Gasteiger partial charge in [-0.2, -0.15) is 0 Å². The first-order valence-electron chi connectivity index (χ1n) is 7.77. The minimum absolute atomic E-state index is 0.0528. The lowest BCUT2D eigenvalue weighted by Gasteiger charge is -2.24. The van der Waals surface area contributed by atoms with Crippen molar-refractivity contribution in [3.63, 3.8) is 0 Å². The van der Waals surface area contributed by atoms with E-state index < -0.39 is 0 Å². The minimum Gasteiger partial charge on any atom is -0.355 e. The second kappa shape index (κ2) is 9.37. The van der Waals surface area contributed by atoms with Crippen molar-refractivity contribution in [2.75, 3.05) is 6.54 Å². The molecular weight excluding hydrogens is 224 g/mol. The van der Waals surface area contributed by atoms with E-state index in [0.717, 1.165) is 19.4 Å². The molecule has 1 aliphatic rings. The number of hydrogen-bond donors (Lipinski definition) is 2. The van der Waals surface area contributed by atoms with Crippen LogP contribution in [-0.4, -0.2) is 18.5 Å². The fourth-order valence-corrected chi connectivity index (χ4v) is 2.78. The molecule has 0 aromatic rings. The van der Waals surface area contributed by atoms with Crippen molar-refractivity contribution in [1.29, 1.82) is 0 Å². The van der Waals surface area contributed by atoms with Gasteiger partial charge in [-0.15, -0.1) is 0 Å². The maximum Gasteiger partial charge on any atom is 0.236 e. The van der Waals surface area contributed by atoms with Crippen LogP contribution in [0.1, 0.15) is 71.1 Å². The Bertz CT molecular complexity index is 225. The summed E-state index contributed by atoms with van der Waals surface area (Å²) >= 11 is 0. The molecule has 1 unspecified atom stereocenters. The van der Waals surface area contributed by atoms with Crippen molar-refractivity contribution in [1.82, 2.24) is 5.32 Å². The first-order chi connectivity index (χ1) is 8.74. The molecule has 3 nitrogen and oxygen atoms in total. The van der Waals surface area contributed by atoms with Crippen molar-refractivity contribution < 1.29 is 4.79 Å². The van der Waals surface area contributed by atoms with Crippen LogP contribution >= 0.6 is 0 Å². The Morgan fingerprint density at radius 2 is 1.94 bits per heavy atom. The molecule has 18 heavy (non-hydrogen) atoms. The molecule has 1 atom stereocenters. The van der Waals surface area contributed by atoms with Crippen molar-refractivity contribution in [3.05, 3.63) is 0 Å². The van der Waals surface area contributed by atoms with E-state index >= 15 is 0 Å². The third kappa shape index (κ3) is 6.39. The summed E-state index contributed by atoms with van der Waals surface area (Å²) in [7, 11) is 0. The molecule has 3 heteroatoms. The number of nitrogens with two attached hydrogens (primary N) is 1. The Morgan fingerprint density at radius 1 is 1.22 bits per heavy atom. The Balaban J connectivity index is 2.08. The van der Waals surface area contributed by atoms with Crippen LogP contribution in [0.4, 0.5) is 0 Å². The highest BCUT2D eigenvalue weighted by Crippen LogP contribution is 2.26. The highest BCUT2D eigenvalue weighted by Gasteiger charge is 2.20. The van der Waals surface area contributed by atoms with Gasteiger partial charge in [0.05, 0.1) is 6.04 Å². The largest absolute Gasteiger partial charge is 0.355 e. The SMILES string of the molecule is CCCCCCNC(=O)C(N)CC1CCCCC1. The van der Waals surface area contributed by atoms with Crippen LogP contribution in [0.3, 0.4) is 0 Å². The summed E-state index contributed by atoms with van der Waals surface area (Å²) in [5, 5.41) is 2.97. The summed E-state index contributed by atoms with van der Waals surface area (Å²) in [6, 6.07) is -0.292. The molecular formula is C15H30N2O. The van der Waals surface area contributed by atoms with E-state index in [-0.39, 0.29) is 11.9 Å². The molecule has 0 heterocycles. The fraction of sp³-hybridized carbons (Fsp3) is 0.933. The zero-order valence-electron chi connectivity index (χ0n) is 11.9. The quantitative estimate of drug-likeness (QED) is 0.654. The molecule has 0 aliphatic heterocycles. The van der Waals surface area contributed by atoms with Crippen LogP contribution in [0.15, 0.2) is 0 Å². The fourth-order valence-electron chi connectivity index (χ4n) is 2.78. The highest BCUT2D eigenvalue weighted by atomic mass is 16.2. The van der Waals surface area contributed by atoms with Gasteiger partial charge in [0, 0.05) is 6.54 Å². The zero-order valence-corrected chi connectivity index (χ0v) is 11.9. The van der Waals surface area contributed by atoms with Crippen LogP contribution in [0, 0.1) is 5.92 Å². The van der Waals surface area contributed by atoms with Crippen LogP contribution in [0.5, 0.6) is 0 Å². The summed E-state index contributed by atoms with van der Waals surface area (Å²) in [4.78, 5) is 11.8. The van der Waals surface area contributed by atoms with Crippen LogP contribution in [-0.2, 0) is 4.79 Å². The van der Waals surface area contributed by atoms with Gasteiger partial charge in [0.25, 0.3) is 0 Å². The van der Waals surface area contributed by atoms with Gasteiger partial charge in [0.1, 0.15) is 0 Å². The Labute approximate surface area is 112 Å². The van der Waals surface area contributed by atoms with Gasteiger partial charge in [0.15, 0.2) is 0 Å². The van der Waals surface area contributed by atoms with E-state index in [0.29, 0.717) is 5.92 Å². The lowest BCUT2D eigenvalue weighted by Crippen LogP contribution is -2.42. The molecule has 0 spiro atoms. The lowest BCUT2D eigenvalue weighted by atomic mass is 9.85. The van der Waals surface area contributed by atoms with Gasteiger partial charge >= 0.3 is 0 Å². The Morgan fingerprint density at radius 3 is 2.61 bits per heavy atom. The van der Waals surface area contributed by atoms with Gasteiger partial charge in [-0.05, 0) is 18.8 Å².